The van der Waals surface area contributed by atoms with E-state index in [-0.39, 0.29) is 44.3 Å². The van der Waals surface area contributed by atoms with E-state index in [9.17, 15) is 18.4 Å². The first-order valence-electron chi connectivity index (χ1n) is 13.9. The Morgan fingerprint density at radius 3 is 2.24 bits per heavy atom. The van der Waals surface area contributed by atoms with E-state index < -0.39 is 11.6 Å². The number of nitrogens with zero attached hydrogens (tertiary/aromatic N) is 1. The lowest BCUT2D eigenvalue weighted by Gasteiger charge is -2.37. The van der Waals surface area contributed by atoms with Crippen molar-refractivity contribution in [3.05, 3.63) is 87.3 Å². The molecule has 0 unspecified atom stereocenters. The summed E-state index contributed by atoms with van der Waals surface area (Å²) in [4.78, 5) is 27.9. The zero-order valence-electron chi connectivity index (χ0n) is 23.3. The van der Waals surface area contributed by atoms with Crippen LogP contribution in [0.4, 0.5) is 8.78 Å². The Kier molecular flexibility index (Phi) is 8.76. The number of fused-ring (bicyclic) bond motifs is 1. The van der Waals surface area contributed by atoms with Crippen LogP contribution in [0.25, 0.3) is 21.2 Å². The number of benzene rings is 3. The van der Waals surface area contributed by atoms with Gasteiger partial charge >= 0.3 is 0 Å². The molecule has 4 aromatic rings. The lowest BCUT2D eigenvalue weighted by Crippen LogP contribution is -2.41. The predicted molar refractivity (Wildman–Crippen MR) is 161 cm³/mol. The fourth-order valence-electron chi connectivity index (χ4n) is 5.76. The van der Waals surface area contributed by atoms with Crippen molar-refractivity contribution in [3.63, 3.8) is 0 Å². The first kappa shape index (κ1) is 29.2. The maximum atomic E-state index is 14.7. The van der Waals surface area contributed by atoms with E-state index in [0.29, 0.717) is 17.2 Å². The molecule has 41 heavy (non-hydrogen) atoms. The van der Waals surface area contributed by atoms with Crippen LogP contribution in [0.3, 0.4) is 0 Å². The van der Waals surface area contributed by atoms with E-state index in [4.69, 9.17) is 16.3 Å². The van der Waals surface area contributed by atoms with Crippen LogP contribution in [-0.2, 0) is 6.54 Å². The largest absolute Gasteiger partial charge is 0.496 e. The average Bonchev–Trinajstić information content (AvgIpc) is 3.35. The molecular formula is C33H32ClF2NO3S. The van der Waals surface area contributed by atoms with Crippen LogP contribution in [0, 0.1) is 17.6 Å². The van der Waals surface area contributed by atoms with Gasteiger partial charge in [0, 0.05) is 23.7 Å². The summed E-state index contributed by atoms with van der Waals surface area (Å²) in [6, 6.07) is 15.2. The Hall–Kier alpha value is -3.29. The fraction of sp³-hybridized carbons (Fsp3) is 0.333. The zero-order valence-corrected chi connectivity index (χ0v) is 24.9. The minimum atomic E-state index is -0.651. The molecule has 1 fully saturated rings. The van der Waals surface area contributed by atoms with E-state index in [1.54, 1.807) is 24.1 Å². The molecule has 0 saturated heterocycles. The number of carbonyl (C=O) groups is 2. The minimum Gasteiger partial charge on any atom is -0.496 e. The monoisotopic (exact) mass is 595 g/mol. The number of hydrogen-bond donors (Lipinski definition) is 0. The molecule has 0 N–H and O–H groups in total. The number of methoxy groups -OCH3 is 1. The molecule has 1 aromatic heterocycles. The standard InChI is InChI=1S/C33H32ClF2NO3S/c1-4-20-5-12-25(13-6-20)37(33(39)32-30(34)29-26(35)14-15-27(36)31(29)41-32)18-24-17-23(11-16-28(24)40-3)22-9-7-21(8-10-22)19(2)38/h7-11,14-17,20,25H,4-6,12-13,18H2,1-3H3. The number of ketones is 1. The van der Waals surface area contributed by atoms with Gasteiger partial charge in [-0.25, -0.2) is 8.78 Å². The lowest BCUT2D eigenvalue weighted by molar-refractivity contribution is 0.0591. The number of amides is 1. The number of hydrogen-bond acceptors (Lipinski definition) is 4. The van der Waals surface area contributed by atoms with Crippen molar-refractivity contribution in [2.24, 2.45) is 5.92 Å². The molecule has 1 aliphatic carbocycles. The summed E-state index contributed by atoms with van der Waals surface area (Å²) in [7, 11) is 1.59. The van der Waals surface area contributed by atoms with Crippen molar-refractivity contribution >= 4 is 44.7 Å². The van der Waals surface area contributed by atoms with E-state index in [1.807, 2.05) is 30.3 Å². The first-order valence-corrected chi connectivity index (χ1v) is 15.1. The number of ether oxygens (including phenoxy) is 1. The molecule has 0 aliphatic heterocycles. The zero-order chi connectivity index (χ0) is 29.3. The van der Waals surface area contributed by atoms with Crippen LogP contribution in [-0.4, -0.2) is 29.7 Å². The molecule has 5 rings (SSSR count). The number of Topliss-reactive ketones (excluding diaryl/α,β-unsaturated/α-hetero) is 1. The second kappa shape index (κ2) is 12.3. The van der Waals surface area contributed by atoms with Crippen molar-refractivity contribution < 1.29 is 23.1 Å². The number of halogens is 3. The Bertz CT molecular complexity index is 1590. The molecule has 1 saturated carbocycles. The van der Waals surface area contributed by atoms with Gasteiger partial charge in [0.05, 0.1) is 22.2 Å². The Morgan fingerprint density at radius 1 is 0.976 bits per heavy atom. The summed E-state index contributed by atoms with van der Waals surface area (Å²) >= 11 is 7.46. The molecule has 0 atom stereocenters. The molecule has 8 heteroatoms. The maximum absolute atomic E-state index is 14.7. The van der Waals surface area contributed by atoms with Crippen molar-refractivity contribution in [2.75, 3.05) is 7.11 Å². The molecule has 1 amide bonds. The van der Waals surface area contributed by atoms with Gasteiger partial charge in [-0.15, -0.1) is 11.3 Å². The van der Waals surface area contributed by atoms with Gasteiger partial charge in [0.15, 0.2) is 5.78 Å². The van der Waals surface area contributed by atoms with Crippen molar-refractivity contribution in [1.29, 1.82) is 0 Å². The Morgan fingerprint density at radius 2 is 1.63 bits per heavy atom. The van der Waals surface area contributed by atoms with Gasteiger partial charge in [-0.05, 0) is 73.9 Å². The minimum absolute atomic E-state index is 0.00132. The molecule has 1 heterocycles. The third-order valence-corrected chi connectivity index (χ3v) is 9.89. The predicted octanol–water partition coefficient (Wildman–Crippen LogP) is 9.32. The molecule has 0 radical (unpaired) electrons. The van der Waals surface area contributed by atoms with E-state index in [2.05, 4.69) is 6.92 Å². The second-order valence-electron chi connectivity index (χ2n) is 10.7. The van der Waals surface area contributed by atoms with Gasteiger partial charge in [0.25, 0.3) is 5.91 Å². The smallest absolute Gasteiger partial charge is 0.266 e. The molecule has 3 aromatic carbocycles. The van der Waals surface area contributed by atoms with Crippen LogP contribution >= 0.6 is 22.9 Å². The lowest BCUT2D eigenvalue weighted by atomic mass is 9.83. The van der Waals surface area contributed by atoms with Gasteiger partial charge < -0.3 is 9.64 Å². The van der Waals surface area contributed by atoms with E-state index >= 15 is 0 Å². The normalized spacial score (nSPS) is 17.0. The third-order valence-electron chi connectivity index (χ3n) is 8.22. The Balaban J connectivity index is 1.54. The summed E-state index contributed by atoms with van der Waals surface area (Å²) < 4.78 is 35.0. The highest BCUT2D eigenvalue weighted by atomic mass is 35.5. The van der Waals surface area contributed by atoms with Crippen molar-refractivity contribution in [3.8, 4) is 16.9 Å². The summed E-state index contributed by atoms with van der Waals surface area (Å²) in [6.07, 6.45) is 4.79. The van der Waals surface area contributed by atoms with Crippen LogP contribution in [0.1, 0.15) is 71.5 Å². The van der Waals surface area contributed by atoms with Crippen LogP contribution in [0.15, 0.2) is 54.6 Å². The average molecular weight is 596 g/mol. The van der Waals surface area contributed by atoms with Gasteiger partial charge in [-0.1, -0.05) is 55.3 Å². The topological polar surface area (TPSA) is 46.6 Å². The first-order chi connectivity index (χ1) is 19.7. The van der Waals surface area contributed by atoms with E-state index in [1.165, 1.54) is 6.92 Å². The summed E-state index contributed by atoms with van der Waals surface area (Å²) in [5, 5.41) is -0.103. The molecule has 4 nitrogen and oxygen atoms in total. The Labute approximate surface area is 247 Å². The molecule has 1 aliphatic rings. The van der Waals surface area contributed by atoms with E-state index in [0.717, 1.165) is 72.3 Å². The highest BCUT2D eigenvalue weighted by Crippen LogP contribution is 2.41. The van der Waals surface area contributed by atoms with Gasteiger partial charge in [0.2, 0.25) is 0 Å². The summed E-state index contributed by atoms with van der Waals surface area (Å²) in [5.74, 6) is -0.343. The number of rotatable bonds is 8. The third kappa shape index (κ3) is 5.88. The SMILES string of the molecule is CCC1CCC(N(Cc2cc(-c3ccc(C(C)=O)cc3)ccc2OC)C(=O)c2sc3c(F)ccc(F)c3c2Cl)CC1. The quantitative estimate of drug-likeness (QED) is 0.191. The highest BCUT2D eigenvalue weighted by Gasteiger charge is 2.33. The maximum Gasteiger partial charge on any atom is 0.266 e. The highest BCUT2D eigenvalue weighted by molar-refractivity contribution is 7.21. The molecule has 0 spiro atoms. The van der Waals surface area contributed by atoms with Gasteiger partial charge in [-0.3, -0.25) is 9.59 Å². The fourth-order valence-corrected chi connectivity index (χ4v) is 7.26. The number of carbonyl (C=O) groups excluding carboxylic acids is 2. The molecular weight excluding hydrogens is 564 g/mol. The summed E-state index contributed by atoms with van der Waals surface area (Å²) in [6.45, 7) is 3.97. The molecule has 214 valence electrons. The molecule has 0 bridgehead atoms. The van der Waals surface area contributed by atoms with Crippen LogP contribution in [0.5, 0.6) is 5.75 Å². The van der Waals surface area contributed by atoms with Crippen molar-refractivity contribution in [1.82, 2.24) is 4.90 Å². The number of thiophene rings is 1. The van der Waals surface area contributed by atoms with Gasteiger partial charge in [-0.2, -0.15) is 0 Å². The van der Waals surface area contributed by atoms with Crippen LogP contribution < -0.4 is 4.74 Å². The second-order valence-corrected chi connectivity index (χ2v) is 12.1. The van der Waals surface area contributed by atoms with Crippen molar-refractivity contribution in [2.45, 2.75) is 58.5 Å². The van der Waals surface area contributed by atoms with Gasteiger partial charge in [0.1, 0.15) is 22.3 Å². The van der Waals surface area contributed by atoms with Crippen LogP contribution in [0.2, 0.25) is 5.02 Å². The summed E-state index contributed by atoms with van der Waals surface area (Å²) in [5.41, 5.74) is 3.29.